The van der Waals surface area contributed by atoms with E-state index in [1.807, 2.05) is 30.3 Å². The maximum atomic E-state index is 12.7. The molecule has 5 rings (SSSR count). The van der Waals surface area contributed by atoms with Gasteiger partial charge in [-0.25, -0.2) is 4.79 Å². The average molecular weight is 395 g/mol. The Labute approximate surface area is 174 Å². The number of ketones is 1. The van der Waals surface area contributed by atoms with Crippen LogP contribution >= 0.6 is 0 Å². The molecule has 7 atom stereocenters. The Hall–Kier alpha value is -1.64. The van der Waals surface area contributed by atoms with Crippen LogP contribution in [-0.2, 0) is 9.53 Å². The summed E-state index contributed by atoms with van der Waals surface area (Å²) in [6, 6.07) is 9.42. The van der Waals surface area contributed by atoms with E-state index in [4.69, 9.17) is 4.74 Å². The molecule has 4 fully saturated rings. The van der Waals surface area contributed by atoms with Gasteiger partial charge in [0.25, 0.3) is 0 Å². The molecule has 7 unspecified atom stereocenters. The molecule has 29 heavy (non-hydrogen) atoms. The molecule has 0 N–H and O–H groups in total. The predicted octanol–water partition coefficient (Wildman–Crippen LogP) is 5.82. The zero-order valence-electron chi connectivity index (χ0n) is 17.9. The van der Waals surface area contributed by atoms with Gasteiger partial charge in [0.05, 0.1) is 5.56 Å². The minimum absolute atomic E-state index is 0.0413. The van der Waals surface area contributed by atoms with E-state index < -0.39 is 0 Å². The monoisotopic (exact) mass is 394 g/mol. The summed E-state index contributed by atoms with van der Waals surface area (Å²) >= 11 is 0. The number of carbonyl (C=O) groups is 2. The summed E-state index contributed by atoms with van der Waals surface area (Å²) < 4.78 is 6.11. The van der Waals surface area contributed by atoms with Crippen LogP contribution in [0.3, 0.4) is 0 Å². The number of hydrogen-bond donors (Lipinski definition) is 0. The second kappa shape index (κ2) is 6.96. The summed E-state index contributed by atoms with van der Waals surface area (Å²) in [6.07, 6.45) is 9.79. The Kier molecular flexibility index (Phi) is 4.64. The topological polar surface area (TPSA) is 43.4 Å². The largest absolute Gasteiger partial charge is 0.458 e. The van der Waals surface area contributed by atoms with E-state index >= 15 is 0 Å². The van der Waals surface area contributed by atoms with Crippen LogP contribution in [0.1, 0.15) is 82.0 Å². The van der Waals surface area contributed by atoms with Crippen molar-refractivity contribution >= 4 is 11.8 Å². The van der Waals surface area contributed by atoms with E-state index in [2.05, 4.69) is 13.8 Å². The first-order chi connectivity index (χ1) is 13.9. The molecular weight excluding hydrogens is 360 g/mol. The Bertz CT molecular complexity index is 801. The molecule has 0 aromatic heterocycles. The predicted molar refractivity (Wildman–Crippen MR) is 112 cm³/mol. The Morgan fingerprint density at radius 2 is 1.69 bits per heavy atom. The first-order valence-corrected chi connectivity index (χ1v) is 11.7. The molecule has 4 saturated carbocycles. The van der Waals surface area contributed by atoms with Gasteiger partial charge in [-0.05, 0) is 86.2 Å². The highest BCUT2D eigenvalue weighted by molar-refractivity contribution is 5.89. The third kappa shape index (κ3) is 2.99. The highest BCUT2D eigenvalue weighted by atomic mass is 16.5. The number of esters is 1. The third-order valence-corrected chi connectivity index (χ3v) is 9.65. The van der Waals surface area contributed by atoms with E-state index in [1.165, 1.54) is 25.7 Å². The van der Waals surface area contributed by atoms with Crippen LogP contribution in [0.4, 0.5) is 0 Å². The maximum Gasteiger partial charge on any atom is 0.338 e. The van der Waals surface area contributed by atoms with E-state index in [-0.39, 0.29) is 17.5 Å². The highest BCUT2D eigenvalue weighted by Gasteiger charge is 2.61. The molecule has 3 heteroatoms. The van der Waals surface area contributed by atoms with Crippen molar-refractivity contribution in [1.82, 2.24) is 0 Å². The van der Waals surface area contributed by atoms with Crippen LogP contribution in [0.15, 0.2) is 30.3 Å². The van der Waals surface area contributed by atoms with Gasteiger partial charge < -0.3 is 4.74 Å². The van der Waals surface area contributed by atoms with Crippen LogP contribution < -0.4 is 0 Å². The lowest BCUT2D eigenvalue weighted by Crippen LogP contribution is -2.54. The fourth-order valence-corrected chi connectivity index (χ4v) is 7.96. The number of carbonyl (C=O) groups excluding carboxylic acids is 2. The lowest BCUT2D eigenvalue weighted by Gasteiger charge is -2.60. The standard InChI is InChI=1S/C26H34O3/c1-25-14-12-19(27)16-18(25)8-9-20-21-10-11-23(26(21,2)15-13-22(20)25)29-24(28)17-6-4-3-5-7-17/h3-7,18,20-23H,8-16H2,1-2H3. The number of rotatable bonds is 2. The Morgan fingerprint density at radius 3 is 2.48 bits per heavy atom. The molecule has 0 aliphatic heterocycles. The third-order valence-electron chi connectivity index (χ3n) is 9.65. The summed E-state index contributed by atoms with van der Waals surface area (Å²) in [5.74, 6) is 3.06. The molecule has 0 radical (unpaired) electrons. The van der Waals surface area contributed by atoms with Crippen molar-refractivity contribution in [2.75, 3.05) is 0 Å². The lowest BCUT2D eigenvalue weighted by molar-refractivity contribution is -0.142. The van der Waals surface area contributed by atoms with E-state index in [9.17, 15) is 9.59 Å². The van der Waals surface area contributed by atoms with E-state index in [1.54, 1.807) is 0 Å². The molecule has 0 saturated heterocycles. The molecule has 0 amide bonds. The van der Waals surface area contributed by atoms with Gasteiger partial charge in [0, 0.05) is 18.3 Å². The van der Waals surface area contributed by atoms with Gasteiger partial charge in [-0.3, -0.25) is 4.79 Å². The zero-order valence-corrected chi connectivity index (χ0v) is 17.9. The summed E-state index contributed by atoms with van der Waals surface area (Å²) in [6.45, 7) is 4.88. The van der Waals surface area contributed by atoms with Crippen LogP contribution in [0.25, 0.3) is 0 Å². The zero-order chi connectivity index (χ0) is 20.2. The summed E-state index contributed by atoms with van der Waals surface area (Å²) in [7, 11) is 0. The number of ether oxygens (including phenoxy) is 1. The first kappa shape index (κ1) is 19.3. The van der Waals surface area contributed by atoms with Gasteiger partial charge in [-0.2, -0.15) is 0 Å². The van der Waals surface area contributed by atoms with Crippen molar-refractivity contribution < 1.29 is 14.3 Å². The molecule has 4 aliphatic rings. The SMILES string of the molecule is CC12CCC(=O)CC1CCC1C2CCC2(C)C(OC(=O)c3ccccc3)CCC12. The second-order valence-corrected chi connectivity index (χ2v) is 10.8. The van der Waals surface area contributed by atoms with Crippen molar-refractivity contribution in [3.8, 4) is 0 Å². The van der Waals surface area contributed by atoms with Gasteiger partial charge in [-0.15, -0.1) is 0 Å². The molecule has 156 valence electrons. The summed E-state index contributed by atoms with van der Waals surface area (Å²) in [5.41, 5.74) is 1.11. The molecular formula is C26H34O3. The minimum atomic E-state index is -0.166. The fourth-order valence-electron chi connectivity index (χ4n) is 7.96. The van der Waals surface area contributed by atoms with Gasteiger partial charge in [0.1, 0.15) is 11.9 Å². The van der Waals surface area contributed by atoms with Crippen LogP contribution in [0.5, 0.6) is 0 Å². The summed E-state index contributed by atoms with van der Waals surface area (Å²) in [4.78, 5) is 24.8. The van der Waals surface area contributed by atoms with Crippen LogP contribution in [0.2, 0.25) is 0 Å². The van der Waals surface area contributed by atoms with Gasteiger partial charge in [-0.1, -0.05) is 32.0 Å². The van der Waals surface area contributed by atoms with Crippen molar-refractivity contribution in [3.05, 3.63) is 35.9 Å². The van der Waals surface area contributed by atoms with E-state index in [0.717, 1.165) is 43.9 Å². The van der Waals surface area contributed by atoms with Crippen molar-refractivity contribution in [2.45, 2.75) is 77.7 Å². The lowest BCUT2D eigenvalue weighted by atomic mass is 9.45. The van der Waals surface area contributed by atoms with Crippen molar-refractivity contribution in [3.63, 3.8) is 0 Å². The fraction of sp³-hybridized carbons (Fsp3) is 0.692. The Balaban J connectivity index is 1.34. The number of benzene rings is 1. The quantitative estimate of drug-likeness (QED) is 0.593. The van der Waals surface area contributed by atoms with Gasteiger partial charge in [0.15, 0.2) is 0 Å². The molecule has 0 bridgehead atoms. The first-order valence-electron chi connectivity index (χ1n) is 11.7. The second-order valence-electron chi connectivity index (χ2n) is 10.8. The number of Topliss-reactive ketones (excluding diaryl/α,β-unsaturated/α-hetero) is 1. The normalized spacial score (nSPS) is 43.8. The molecule has 1 aromatic rings. The summed E-state index contributed by atoms with van der Waals surface area (Å²) in [5, 5.41) is 0. The molecule has 0 heterocycles. The van der Waals surface area contributed by atoms with Gasteiger partial charge in [0.2, 0.25) is 0 Å². The average Bonchev–Trinajstić information content (AvgIpc) is 3.05. The van der Waals surface area contributed by atoms with Crippen LogP contribution in [-0.4, -0.2) is 17.9 Å². The molecule has 1 aromatic carbocycles. The minimum Gasteiger partial charge on any atom is -0.458 e. The molecule has 3 nitrogen and oxygen atoms in total. The molecule has 4 aliphatic carbocycles. The van der Waals surface area contributed by atoms with Crippen molar-refractivity contribution in [2.24, 2.45) is 34.5 Å². The smallest absolute Gasteiger partial charge is 0.338 e. The number of fused-ring (bicyclic) bond motifs is 5. The van der Waals surface area contributed by atoms with Crippen LogP contribution in [0, 0.1) is 34.5 Å². The number of hydrogen-bond acceptors (Lipinski definition) is 3. The van der Waals surface area contributed by atoms with Crippen molar-refractivity contribution in [1.29, 1.82) is 0 Å². The molecule has 0 spiro atoms. The Morgan fingerprint density at radius 1 is 0.931 bits per heavy atom. The maximum absolute atomic E-state index is 12.7. The highest BCUT2D eigenvalue weighted by Crippen LogP contribution is 2.66. The van der Waals surface area contributed by atoms with Gasteiger partial charge >= 0.3 is 5.97 Å². The van der Waals surface area contributed by atoms with E-state index in [0.29, 0.717) is 28.6 Å².